The lowest BCUT2D eigenvalue weighted by atomic mass is 9.99. The summed E-state index contributed by atoms with van der Waals surface area (Å²) < 4.78 is 0. The first-order valence-electron chi connectivity index (χ1n) is 7.63. The molecule has 2 aliphatic rings. The van der Waals surface area contributed by atoms with Gasteiger partial charge in [-0.05, 0) is 25.8 Å². The van der Waals surface area contributed by atoms with Gasteiger partial charge in [0, 0.05) is 31.2 Å². The minimum Gasteiger partial charge on any atom is -0.353 e. The highest BCUT2D eigenvalue weighted by molar-refractivity contribution is 5.58. The number of hydrogen-bond acceptors (Lipinski definition) is 6. The van der Waals surface area contributed by atoms with Crippen molar-refractivity contribution in [2.75, 3.05) is 36.5 Å². The SMILES string of the molecule is CCc1c(NN)ncnc1N1CCN2CCCCC2C1. The second-order valence-electron chi connectivity index (χ2n) is 5.65. The predicted octanol–water partition coefficient (Wildman–Crippen LogP) is 0.999. The summed E-state index contributed by atoms with van der Waals surface area (Å²) in [6.45, 7) is 6.65. The van der Waals surface area contributed by atoms with Crippen LogP contribution < -0.4 is 16.2 Å². The van der Waals surface area contributed by atoms with Crippen LogP contribution in [-0.2, 0) is 6.42 Å². The maximum atomic E-state index is 5.56. The molecule has 0 spiro atoms. The molecule has 6 heteroatoms. The number of hydrogen-bond donors (Lipinski definition) is 2. The third-order valence-electron chi connectivity index (χ3n) is 4.55. The Bertz CT molecular complexity index is 463. The van der Waals surface area contributed by atoms with Crippen LogP contribution in [0.5, 0.6) is 0 Å². The highest BCUT2D eigenvalue weighted by Gasteiger charge is 2.30. The van der Waals surface area contributed by atoms with Gasteiger partial charge in [-0.15, -0.1) is 0 Å². The van der Waals surface area contributed by atoms with Gasteiger partial charge in [0.2, 0.25) is 0 Å². The van der Waals surface area contributed by atoms with Gasteiger partial charge in [0.25, 0.3) is 0 Å². The topological polar surface area (TPSA) is 70.3 Å². The van der Waals surface area contributed by atoms with Crippen molar-refractivity contribution in [2.45, 2.75) is 38.6 Å². The number of nitrogens with two attached hydrogens (primary N) is 1. The number of nitrogens with zero attached hydrogens (tertiary/aromatic N) is 4. The summed E-state index contributed by atoms with van der Waals surface area (Å²) in [6.07, 6.45) is 6.52. The summed E-state index contributed by atoms with van der Waals surface area (Å²) in [5, 5.41) is 0. The summed E-state index contributed by atoms with van der Waals surface area (Å²) >= 11 is 0. The van der Waals surface area contributed by atoms with Crippen molar-refractivity contribution in [3.8, 4) is 0 Å². The third-order valence-corrected chi connectivity index (χ3v) is 4.55. The van der Waals surface area contributed by atoms with Gasteiger partial charge in [-0.25, -0.2) is 15.8 Å². The molecule has 1 aromatic heterocycles. The molecule has 2 saturated heterocycles. The molecule has 1 aromatic rings. The zero-order valence-electron chi connectivity index (χ0n) is 12.2. The third kappa shape index (κ3) is 2.45. The van der Waals surface area contributed by atoms with E-state index in [1.165, 1.54) is 25.8 Å². The van der Waals surface area contributed by atoms with E-state index in [1.807, 2.05) is 0 Å². The van der Waals surface area contributed by atoms with E-state index in [2.05, 4.69) is 32.1 Å². The van der Waals surface area contributed by atoms with E-state index in [1.54, 1.807) is 6.33 Å². The quantitative estimate of drug-likeness (QED) is 0.634. The van der Waals surface area contributed by atoms with E-state index in [9.17, 15) is 0 Å². The smallest absolute Gasteiger partial charge is 0.148 e. The van der Waals surface area contributed by atoms with Crippen LogP contribution in [0.1, 0.15) is 31.7 Å². The molecule has 0 radical (unpaired) electrons. The molecule has 2 fully saturated rings. The molecular formula is C14H24N6. The van der Waals surface area contributed by atoms with E-state index >= 15 is 0 Å². The Morgan fingerprint density at radius 2 is 2.20 bits per heavy atom. The second-order valence-corrected chi connectivity index (χ2v) is 5.65. The minimum atomic E-state index is 0.687. The second kappa shape index (κ2) is 5.93. The Morgan fingerprint density at radius 3 is 3.00 bits per heavy atom. The van der Waals surface area contributed by atoms with Gasteiger partial charge < -0.3 is 10.3 Å². The zero-order valence-corrected chi connectivity index (χ0v) is 12.2. The van der Waals surface area contributed by atoms with Crippen molar-refractivity contribution in [1.29, 1.82) is 0 Å². The van der Waals surface area contributed by atoms with Crippen LogP contribution >= 0.6 is 0 Å². The highest BCUT2D eigenvalue weighted by atomic mass is 15.3. The number of rotatable bonds is 3. The maximum Gasteiger partial charge on any atom is 0.148 e. The molecule has 3 heterocycles. The molecule has 0 aromatic carbocycles. The number of hydrazine groups is 1. The minimum absolute atomic E-state index is 0.687. The summed E-state index contributed by atoms with van der Waals surface area (Å²) in [5.41, 5.74) is 3.82. The van der Waals surface area contributed by atoms with Gasteiger partial charge >= 0.3 is 0 Å². The molecule has 3 N–H and O–H groups in total. The number of nitrogen functional groups attached to an aromatic ring is 1. The number of anilines is 2. The zero-order chi connectivity index (χ0) is 13.9. The predicted molar refractivity (Wildman–Crippen MR) is 80.6 cm³/mol. The average Bonchev–Trinajstić information content (AvgIpc) is 2.53. The van der Waals surface area contributed by atoms with Gasteiger partial charge in [-0.1, -0.05) is 13.3 Å². The van der Waals surface area contributed by atoms with Crippen LogP contribution in [0.3, 0.4) is 0 Å². The van der Waals surface area contributed by atoms with Gasteiger partial charge in [0.1, 0.15) is 18.0 Å². The Morgan fingerprint density at radius 1 is 1.30 bits per heavy atom. The van der Waals surface area contributed by atoms with Gasteiger partial charge in [0.15, 0.2) is 0 Å². The molecule has 0 amide bonds. The molecule has 0 aliphatic carbocycles. The molecule has 0 saturated carbocycles. The van der Waals surface area contributed by atoms with E-state index in [-0.39, 0.29) is 0 Å². The lowest BCUT2D eigenvalue weighted by Crippen LogP contribution is -2.55. The van der Waals surface area contributed by atoms with Crippen molar-refractivity contribution >= 4 is 11.6 Å². The maximum absolute atomic E-state index is 5.56. The first-order valence-corrected chi connectivity index (χ1v) is 7.63. The molecule has 1 atom stereocenters. The lowest BCUT2D eigenvalue weighted by Gasteiger charge is -2.44. The molecular weight excluding hydrogens is 252 g/mol. The van der Waals surface area contributed by atoms with Crippen LogP contribution in [0.25, 0.3) is 0 Å². The van der Waals surface area contributed by atoms with Crippen molar-refractivity contribution in [1.82, 2.24) is 14.9 Å². The summed E-state index contributed by atoms with van der Waals surface area (Å²) in [6, 6.07) is 0.687. The summed E-state index contributed by atoms with van der Waals surface area (Å²) in [5.74, 6) is 7.37. The van der Waals surface area contributed by atoms with E-state index in [4.69, 9.17) is 5.84 Å². The lowest BCUT2D eigenvalue weighted by molar-refractivity contribution is 0.133. The highest BCUT2D eigenvalue weighted by Crippen LogP contribution is 2.28. The Kier molecular flexibility index (Phi) is 4.03. The average molecular weight is 276 g/mol. The fourth-order valence-corrected chi connectivity index (χ4v) is 3.47. The Labute approximate surface area is 120 Å². The molecule has 6 nitrogen and oxygen atoms in total. The molecule has 3 rings (SSSR count). The van der Waals surface area contributed by atoms with Crippen molar-refractivity contribution < 1.29 is 0 Å². The fourth-order valence-electron chi connectivity index (χ4n) is 3.47. The molecule has 20 heavy (non-hydrogen) atoms. The van der Waals surface area contributed by atoms with Gasteiger partial charge in [-0.3, -0.25) is 4.90 Å². The Hall–Kier alpha value is -1.40. The van der Waals surface area contributed by atoms with Crippen LogP contribution in [0.2, 0.25) is 0 Å². The fraction of sp³-hybridized carbons (Fsp3) is 0.714. The summed E-state index contributed by atoms with van der Waals surface area (Å²) in [4.78, 5) is 13.8. The van der Waals surface area contributed by atoms with Crippen molar-refractivity contribution in [3.05, 3.63) is 11.9 Å². The van der Waals surface area contributed by atoms with Crippen LogP contribution in [0.15, 0.2) is 6.33 Å². The van der Waals surface area contributed by atoms with Crippen molar-refractivity contribution in [2.24, 2.45) is 5.84 Å². The van der Waals surface area contributed by atoms with E-state index in [0.29, 0.717) is 6.04 Å². The molecule has 1 unspecified atom stereocenters. The number of nitrogens with one attached hydrogen (secondary N) is 1. The Balaban J connectivity index is 1.82. The monoisotopic (exact) mass is 276 g/mol. The number of piperidine rings is 1. The van der Waals surface area contributed by atoms with Crippen LogP contribution in [0.4, 0.5) is 11.6 Å². The molecule has 110 valence electrons. The standard InChI is InChI=1S/C14H24N6/c1-2-12-13(18-15)16-10-17-14(12)20-8-7-19-6-4-3-5-11(19)9-20/h10-11H,2-9,15H2,1H3,(H,16,17,18). The van der Waals surface area contributed by atoms with E-state index < -0.39 is 0 Å². The van der Waals surface area contributed by atoms with Crippen molar-refractivity contribution in [3.63, 3.8) is 0 Å². The molecule has 2 aliphatic heterocycles. The van der Waals surface area contributed by atoms with E-state index in [0.717, 1.165) is 43.3 Å². The van der Waals surface area contributed by atoms with Crippen LogP contribution in [-0.4, -0.2) is 47.1 Å². The number of piperazine rings is 1. The summed E-state index contributed by atoms with van der Waals surface area (Å²) in [7, 11) is 0. The van der Waals surface area contributed by atoms with Crippen LogP contribution in [0, 0.1) is 0 Å². The first kappa shape index (κ1) is 13.6. The number of fused-ring (bicyclic) bond motifs is 1. The van der Waals surface area contributed by atoms with Gasteiger partial charge in [0.05, 0.1) is 0 Å². The largest absolute Gasteiger partial charge is 0.353 e. The normalized spacial score (nSPS) is 23.5. The number of aromatic nitrogens is 2. The van der Waals surface area contributed by atoms with Gasteiger partial charge in [-0.2, -0.15) is 0 Å². The molecule has 0 bridgehead atoms. The first-order chi connectivity index (χ1) is 9.83.